The molecule has 0 saturated heterocycles. The first kappa shape index (κ1) is 26.3. The molecule has 0 amide bonds. The smallest absolute Gasteiger partial charge is 0.482 e. The van der Waals surface area contributed by atoms with E-state index in [2.05, 4.69) is 4.74 Å². The Kier molecular flexibility index (Phi) is 11.0. The van der Waals surface area contributed by atoms with Crippen molar-refractivity contribution in [1.29, 1.82) is 0 Å². The van der Waals surface area contributed by atoms with Crippen molar-refractivity contribution in [3.63, 3.8) is 0 Å². The van der Waals surface area contributed by atoms with E-state index in [0.29, 0.717) is 12.3 Å². The average molecular weight is 469 g/mol. The molecule has 0 bridgehead atoms. The van der Waals surface area contributed by atoms with Gasteiger partial charge in [0.1, 0.15) is 11.5 Å². The third kappa shape index (κ3) is 8.88. The number of esters is 2. The number of benzene rings is 1. The molecular weight excluding hydrogens is 453 g/mol. The van der Waals surface area contributed by atoms with Crippen LogP contribution in [0.1, 0.15) is 20.3 Å². The molecule has 0 N–H and O–H groups in total. The van der Waals surface area contributed by atoms with E-state index in [0.717, 1.165) is 0 Å². The van der Waals surface area contributed by atoms with E-state index in [1.54, 1.807) is 13.8 Å². The summed E-state index contributed by atoms with van der Waals surface area (Å²) in [6, 6.07) is 5.36. The van der Waals surface area contributed by atoms with E-state index < -0.39 is 37.3 Å². The molecule has 1 rings (SSSR count). The van der Waals surface area contributed by atoms with Crippen LogP contribution in [0.5, 0.6) is 11.5 Å². The van der Waals surface area contributed by atoms with Gasteiger partial charge < -0.3 is 14.2 Å². The van der Waals surface area contributed by atoms with Crippen molar-refractivity contribution in [2.45, 2.75) is 32.4 Å². The van der Waals surface area contributed by atoms with Gasteiger partial charge in [0, 0.05) is 0 Å². The van der Waals surface area contributed by atoms with Gasteiger partial charge in [-0.15, -0.1) is 0 Å². The Labute approximate surface area is 201 Å². The molecule has 0 aliphatic carbocycles. The van der Waals surface area contributed by atoms with Gasteiger partial charge in [0.25, 0.3) is 0 Å². The molecule has 0 radical (unpaired) electrons. The third-order valence-electron chi connectivity index (χ3n) is 3.10. The summed E-state index contributed by atoms with van der Waals surface area (Å²) in [7, 11) is 0. The van der Waals surface area contributed by atoms with Crippen molar-refractivity contribution in [3.8, 4) is 11.5 Å². The number of rotatable bonds is 8. The predicted molar refractivity (Wildman–Crippen MR) is 78.7 cm³/mol. The fourth-order valence-electron chi connectivity index (χ4n) is 1.38. The van der Waals surface area contributed by atoms with Gasteiger partial charge in [0.15, 0.2) is 19.2 Å². The fraction of sp³-hybridized carbons (Fsp3) is 0.438. The van der Waals surface area contributed by atoms with E-state index in [-0.39, 0.29) is 69.7 Å². The van der Waals surface area contributed by atoms with Gasteiger partial charge in [-0.2, -0.15) is 35.3 Å². The summed E-state index contributed by atoms with van der Waals surface area (Å²) in [5.41, 5.74) is 0. The standard InChI is InChI=1S/C16H16F5O5.Rb/c1-3-10(2)14(23)26-12-6-4-11(5-7-12)24-8-13(22)25-9-15(17,18)16(19,20)21;/h4-7H,3,8-9H2,1-2H3;/q-1;+1. The monoisotopic (exact) mass is 468 g/mol. The topological polar surface area (TPSA) is 61.8 Å². The summed E-state index contributed by atoms with van der Waals surface area (Å²) in [4.78, 5) is 22.8. The van der Waals surface area contributed by atoms with Crippen LogP contribution in [0.2, 0.25) is 0 Å². The van der Waals surface area contributed by atoms with Crippen LogP contribution in [0.4, 0.5) is 22.0 Å². The molecule has 0 heterocycles. The van der Waals surface area contributed by atoms with Crippen molar-refractivity contribution >= 4 is 11.9 Å². The first-order chi connectivity index (χ1) is 12.0. The van der Waals surface area contributed by atoms with Gasteiger partial charge in [-0.25, -0.2) is 4.79 Å². The van der Waals surface area contributed by atoms with Crippen molar-refractivity contribution in [2.24, 2.45) is 0 Å². The molecule has 5 nitrogen and oxygen atoms in total. The zero-order valence-electron chi connectivity index (χ0n) is 14.9. The Hall–Kier alpha value is -0.715. The van der Waals surface area contributed by atoms with Crippen LogP contribution in [0.25, 0.3) is 0 Å². The summed E-state index contributed by atoms with van der Waals surface area (Å²) < 4.78 is 74.8. The van der Waals surface area contributed by atoms with Gasteiger partial charge >= 0.3 is 76.3 Å². The second-order valence-electron chi connectivity index (χ2n) is 5.15. The van der Waals surface area contributed by atoms with Gasteiger partial charge in [0.2, 0.25) is 0 Å². The van der Waals surface area contributed by atoms with Crippen molar-refractivity contribution < 1.29 is 104 Å². The van der Waals surface area contributed by atoms with Crippen LogP contribution < -0.4 is 67.7 Å². The number of hydrogen-bond donors (Lipinski definition) is 0. The fourth-order valence-corrected chi connectivity index (χ4v) is 1.38. The van der Waals surface area contributed by atoms with E-state index in [4.69, 9.17) is 9.47 Å². The molecule has 1 aromatic rings. The molecule has 146 valence electrons. The Balaban J connectivity index is 0.00000676. The maximum Gasteiger partial charge on any atom is 1.00 e. The Bertz CT molecular complexity index is 619. The maximum absolute atomic E-state index is 12.6. The number of carbonyl (C=O) groups excluding carboxylic acids is 2. The second-order valence-corrected chi connectivity index (χ2v) is 5.15. The molecule has 0 aliphatic rings. The number of ether oxygens (including phenoxy) is 3. The van der Waals surface area contributed by atoms with Gasteiger partial charge in [-0.05, 0) is 24.3 Å². The number of carbonyl (C=O) groups is 2. The first-order valence-electron chi connectivity index (χ1n) is 7.34. The molecule has 1 aromatic carbocycles. The maximum atomic E-state index is 12.6. The van der Waals surface area contributed by atoms with Crippen molar-refractivity contribution in [3.05, 3.63) is 30.2 Å². The zero-order valence-corrected chi connectivity index (χ0v) is 19.8. The SMILES string of the molecule is CC[C-](C)C(=O)Oc1ccc(OCC(=O)OCC(F)(F)C(F)(F)F)cc1.[Rb+]. The van der Waals surface area contributed by atoms with Crippen LogP contribution in [0.3, 0.4) is 0 Å². The number of hydrogen-bond acceptors (Lipinski definition) is 5. The second kappa shape index (κ2) is 11.3. The van der Waals surface area contributed by atoms with E-state index in [9.17, 15) is 31.5 Å². The van der Waals surface area contributed by atoms with Crippen molar-refractivity contribution in [1.82, 2.24) is 0 Å². The summed E-state index contributed by atoms with van der Waals surface area (Å²) in [6.45, 7) is 0.418. The Morgan fingerprint density at radius 1 is 1.04 bits per heavy atom. The van der Waals surface area contributed by atoms with E-state index in [1.165, 1.54) is 24.3 Å². The van der Waals surface area contributed by atoms with Crippen LogP contribution >= 0.6 is 0 Å². The quantitative estimate of drug-likeness (QED) is 0.244. The van der Waals surface area contributed by atoms with E-state index >= 15 is 0 Å². The third-order valence-corrected chi connectivity index (χ3v) is 3.10. The minimum absolute atomic E-state index is 0. The molecule has 0 saturated carbocycles. The van der Waals surface area contributed by atoms with Gasteiger partial charge in [-0.3, -0.25) is 10.7 Å². The summed E-state index contributed by atoms with van der Waals surface area (Å²) in [5.74, 6) is -6.21. The molecule has 0 aromatic heterocycles. The van der Waals surface area contributed by atoms with Crippen molar-refractivity contribution in [2.75, 3.05) is 13.2 Å². The molecule has 0 atom stereocenters. The van der Waals surface area contributed by atoms with E-state index in [1.807, 2.05) is 0 Å². The molecule has 0 aliphatic heterocycles. The van der Waals surface area contributed by atoms with Gasteiger partial charge in [0.05, 0.1) is 0 Å². The zero-order chi connectivity index (χ0) is 20.0. The Morgan fingerprint density at radius 2 is 1.56 bits per heavy atom. The number of halogens is 5. The first-order valence-corrected chi connectivity index (χ1v) is 7.34. The molecule has 0 fully saturated rings. The van der Waals surface area contributed by atoms with Crippen LogP contribution in [-0.2, 0) is 14.3 Å². The van der Waals surface area contributed by atoms with Crippen LogP contribution in [-0.4, -0.2) is 37.3 Å². The average Bonchev–Trinajstić information content (AvgIpc) is 2.57. The molecule has 0 unspecified atom stereocenters. The van der Waals surface area contributed by atoms with Crippen LogP contribution in [0.15, 0.2) is 24.3 Å². The molecular formula is C16H16F5O5Rb. The Morgan fingerprint density at radius 3 is 2.04 bits per heavy atom. The molecule has 0 spiro atoms. The minimum Gasteiger partial charge on any atom is -0.482 e. The normalized spacial score (nSPS) is 11.2. The molecule has 11 heteroatoms. The summed E-state index contributed by atoms with van der Waals surface area (Å²) in [6.07, 6.45) is -5.29. The summed E-state index contributed by atoms with van der Waals surface area (Å²) >= 11 is 0. The van der Waals surface area contributed by atoms with Gasteiger partial charge in [-0.1, -0.05) is 6.92 Å². The molecule has 27 heavy (non-hydrogen) atoms. The summed E-state index contributed by atoms with van der Waals surface area (Å²) in [5, 5.41) is 0. The minimum atomic E-state index is -5.81. The predicted octanol–water partition coefficient (Wildman–Crippen LogP) is 0.720. The van der Waals surface area contributed by atoms with Crippen LogP contribution in [0, 0.1) is 5.92 Å². The largest absolute Gasteiger partial charge is 1.00 e. The number of alkyl halides is 5.